The molecule has 1 fully saturated rings. The van der Waals surface area contributed by atoms with E-state index in [0.29, 0.717) is 30.7 Å². The first-order valence-corrected chi connectivity index (χ1v) is 9.04. The Morgan fingerprint density at radius 2 is 2.00 bits per heavy atom. The second-order valence-corrected chi connectivity index (χ2v) is 6.93. The zero-order valence-corrected chi connectivity index (χ0v) is 16.1. The molecule has 3 aromatic heterocycles. The van der Waals surface area contributed by atoms with Crippen molar-refractivity contribution in [2.24, 2.45) is 0 Å². The number of hydrogen-bond donors (Lipinski definition) is 0. The van der Waals surface area contributed by atoms with Crippen LogP contribution >= 0.6 is 0 Å². The first kappa shape index (κ1) is 18.1. The molecule has 0 aromatic carbocycles. The maximum Gasteiger partial charge on any atom is 0.274 e. The van der Waals surface area contributed by atoms with E-state index in [1.54, 1.807) is 36.3 Å². The van der Waals surface area contributed by atoms with E-state index >= 15 is 0 Å². The topological polar surface area (TPSA) is 76.4 Å². The summed E-state index contributed by atoms with van der Waals surface area (Å²) >= 11 is 0. The molecule has 0 unspecified atom stereocenters. The minimum Gasteiger partial charge on any atom is -0.481 e. The highest BCUT2D eigenvalue weighted by Gasteiger charge is 2.34. The Hall–Kier alpha value is -3.26. The molecule has 0 bridgehead atoms. The fourth-order valence-electron chi connectivity index (χ4n) is 3.11. The van der Waals surface area contributed by atoms with Crippen molar-refractivity contribution in [3.8, 4) is 23.0 Å². The highest BCUT2D eigenvalue weighted by atomic mass is 16.5. The summed E-state index contributed by atoms with van der Waals surface area (Å²) in [7, 11) is 5.62. The Morgan fingerprint density at radius 3 is 2.61 bits per heavy atom. The molecule has 4 rings (SSSR count). The summed E-state index contributed by atoms with van der Waals surface area (Å²) in [5.41, 5.74) is 2.60. The van der Waals surface area contributed by atoms with Gasteiger partial charge in [0.05, 0.1) is 30.4 Å². The van der Waals surface area contributed by atoms with E-state index < -0.39 is 0 Å². The quantitative estimate of drug-likeness (QED) is 0.673. The van der Waals surface area contributed by atoms with Crippen LogP contribution < -0.4 is 4.74 Å². The molecule has 1 aliphatic rings. The molecule has 1 aliphatic heterocycles. The summed E-state index contributed by atoms with van der Waals surface area (Å²) in [6, 6.07) is 11.5. The van der Waals surface area contributed by atoms with Gasteiger partial charge in [0.25, 0.3) is 5.91 Å². The Morgan fingerprint density at radius 1 is 1.18 bits per heavy atom. The first-order chi connectivity index (χ1) is 13.6. The number of amides is 1. The van der Waals surface area contributed by atoms with Crippen molar-refractivity contribution in [2.45, 2.75) is 6.04 Å². The number of aromatic nitrogens is 4. The predicted octanol–water partition coefficient (Wildman–Crippen LogP) is 1.72. The standard InChI is InChI=1S/C20H22N6O2/c1-24(2)15-12-25(13-15)20(27)17-10-18(16-6-4-5-9-21-16)26(23-17)14-7-8-19(28-3)22-11-14/h4-11,15H,12-13H2,1-3H3. The lowest BCUT2D eigenvalue weighted by atomic mass is 10.1. The summed E-state index contributed by atoms with van der Waals surface area (Å²) in [6.45, 7) is 1.42. The van der Waals surface area contributed by atoms with Crippen molar-refractivity contribution in [2.75, 3.05) is 34.3 Å². The van der Waals surface area contributed by atoms with Gasteiger partial charge in [-0.2, -0.15) is 5.10 Å². The van der Waals surface area contributed by atoms with Crippen LogP contribution in [0, 0.1) is 0 Å². The third-order valence-electron chi connectivity index (χ3n) is 4.91. The maximum absolute atomic E-state index is 12.9. The lowest BCUT2D eigenvalue weighted by molar-refractivity contribution is 0.0393. The van der Waals surface area contributed by atoms with Crippen LogP contribution in [0.25, 0.3) is 17.1 Å². The van der Waals surface area contributed by atoms with Crippen LogP contribution in [-0.4, -0.2) is 75.8 Å². The molecule has 0 radical (unpaired) electrons. The first-order valence-electron chi connectivity index (χ1n) is 9.04. The second kappa shape index (κ2) is 7.40. The molecule has 0 aliphatic carbocycles. The van der Waals surface area contributed by atoms with E-state index in [1.165, 1.54) is 0 Å². The van der Waals surface area contributed by atoms with Crippen LogP contribution in [0.5, 0.6) is 5.88 Å². The average Bonchev–Trinajstić information content (AvgIpc) is 3.12. The average molecular weight is 378 g/mol. The molecule has 8 heteroatoms. The van der Waals surface area contributed by atoms with Gasteiger partial charge in [-0.3, -0.25) is 9.78 Å². The molecular weight excluding hydrogens is 356 g/mol. The predicted molar refractivity (Wildman–Crippen MR) is 105 cm³/mol. The van der Waals surface area contributed by atoms with Crippen molar-refractivity contribution in [3.63, 3.8) is 0 Å². The van der Waals surface area contributed by atoms with E-state index in [9.17, 15) is 4.79 Å². The van der Waals surface area contributed by atoms with Gasteiger partial charge in [0.2, 0.25) is 5.88 Å². The van der Waals surface area contributed by atoms with Crippen molar-refractivity contribution >= 4 is 5.91 Å². The zero-order chi connectivity index (χ0) is 19.7. The number of likely N-dealkylation sites (N-methyl/N-ethyl adjacent to an activating group) is 1. The monoisotopic (exact) mass is 378 g/mol. The zero-order valence-electron chi connectivity index (χ0n) is 16.1. The van der Waals surface area contributed by atoms with E-state index in [-0.39, 0.29) is 5.91 Å². The number of methoxy groups -OCH3 is 1. The van der Waals surface area contributed by atoms with Crippen LogP contribution in [0.15, 0.2) is 48.8 Å². The van der Waals surface area contributed by atoms with E-state index in [1.807, 2.05) is 43.3 Å². The minimum atomic E-state index is -0.0736. The van der Waals surface area contributed by atoms with Gasteiger partial charge in [-0.1, -0.05) is 6.07 Å². The Bertz CT molecular complexity index is 962. The van der Waals surface area contributed by atoms with Crippen molar-refractivity contribution in [3.05, 3.63) is 54.5 Å². The van der Waals surface area contributed by atoms with Gasteiger partial charge in [-0.05, 0) is 38.4 Å². The number of pyridine rings is 2. The van der Waals surface area contributed by atoms with Crippen LogP contribution in [0.1, 0.15) is 10.5 Å². The summed E-state index contributed by atoms with van der Waals surface area (Å²) < 4.78 is 6.83. The van der Waals surface area contributed by atoms with Crippen LogP contribution in [0.4, 0.5) is 0 Å². The van der Waals surface area contributed by atoms with Crippen molar-refractivity contribution in [1.82, 2.24) is 29.5 Å². The fraction of sp³-hybridized carbons (Fsp3) is 0.300. The van der Waals surface area contributed by atoms with Gasteiger partial charge in [0.15, 0.2) is 5.69 Å². The summed E-state index contributed by atoms with van der Waals surface area (Å²) in [5, 5.41) is 4.58. The third-order valence-corrected chi connectivity index (χ3v) is 4.91. The lowest BCUT2D eigenvalue weighted by Gasteiger charge is -2.42. The SMILES string of the molecule is COc1ccc(-n2nc(C(=O)N3CC(N(C)C)C3)cc2-c2ccccn2)cn1. The van der Waals surface area contributed by atoms with Gasteiger partial charge in [0.1, 0.15) is 0 Å². The molecule has 3 aromatic rings. The van der Waals surface area contributed by atoms with Crippen molar-refractivity contribution in [1.29, 1.82) is 0 Å². The molecule has 144 valence electrons. The summed E-state index contributed by atoms with van der Waals surface area (Å²) in [6.07, 6.45) is 3.38. The van der Waals surface area contributed by atoms with Gasteiger partial charge < -0.3 is 14.5 Å². The molecule has 0 saturated carbocycles. The largest absolute Gasteiger partial charge is 0.481 e. The molecular formula is C20H22N6O2. The smallest absolute Gasteiger partial charge is 0.274 e. The molecule has 1 saturated heterocycles. The third kappa shape index (κ3) is 3.34. The maximum atomic E-state index is 12.9. The summed E-state index contributed by atoms with van der Waals surface area (Å²) in [5.74, 6) is 0.442. The number of nitrogens with zero attached hydrogens (tertiary/aromatic N) is 6. The van der Waals surface area contributed by atoms with Gasteiger partial charge in [-0.25, -0.2) is 9.67 Å². The van der Waals surface area contributed by atoms with E-state index in [2.05, 4.69) is 20.0 Å². The number of carbonyl (C=O) groups is 1. The highest BCUT2D eigenvalue weighted by Crippen LogP contribution is 2.24. The minimum absolute atomic E-state index is 0.0736. The van der Waals surface area contributed by atoms with E-state index in [4.69, 9.17) is 4.74 Å². The number of likely N-dealkylation sites (tertiary alicyclic amines) is 1. The Kier molecular flexibility index (Phi) is 4.79. The van der Waals surface area contributed by atoms with Crippen molar-refractivity contribution < 1.29 is 9.53 Å². The molecule has 8 nitrogen and oxygen atoms in total. The van der Waals surface area contributed by atoms with Gasteiger partial charge in [-0.15, -0.1) is 0 Å². The number of ether oxygens (including phenoxy) is 1. The number of carbonyl (C=O) groups excluding carboxylic acids is 1. The molecule has 0 N–H and O–H groups in total. The number of rotatable bonds is 5. The molecule has 28 heavy (non-hydrogen) atoms. The summed E-state index contributed by atoms with van der Waals surface area (Å²) in [4.78, 5) is 25.5. The molecule has 4 heterocycles. The Labute approximate surface area is 163 Å². The molecule has 0 spiro atoms. The van der Waals surface area contributed by atoms with Crippen LogP contribution in [0.3, 0.4) is 0 Å². The Balaban J connectivity index is 1.69. The van der Waals surface area contributed by atoms with E-state index in [0.717, 1.165) is 17.1 Å². The second-order valence-electron chi connectivity index (χ2n) is 6.93. The normalized spacial score (nSPS) is 14.2. The number of hydrogen-bond acceptors (Lipinski definition) is 6. The highest BCUT2D eigenvalue weighted by molar-refractivity contribution is 5.94. The van der Waals surface area contributed by atoms with Crippen LogP contribution in [-0.2, 0) is 0 Å². The lowest BCUT2D eigenvalue weighted by Crippen LogP contribution is -2.59. The van der Waals surface area contributed by atoms with Crippen LogP contribution in [0.2, 0.25) is 0 Å². The molecule has 1 amide bonds. The fourth-order valence-corrected chi connectivity index (χ4v) is 3.11. The van der Waals surface area contributed by atoms with Gasteiger partial charge >= 0.3 is 0 Å². The van der Waals surface area contributed by atoms with Gasteiger partial charge in [0, 0.05) is 31.4 Å². The molecule has 0 atom stereocenters.